The van der Waals surface area contributed by atoms with Gasteiger partial charge in [0.15, 0.2) is 0 Å². The molecule has 1 heterocycles. The lowest BCUT2D eigenvalue weighted by Gasteiger charge is -2.32. The maximum atomic E-state index is 2.00. The van der Waals surface area contributed by atoms with Crippen LogP contribution in [0.2, 0.25) is 0 Å². The van der Waals surface area contributed by atoms with Gasteiger partial charge >= 0.3 is 0 Å². The molecule has 3 aliphatic rings. The van der Waals surface area contributed by atoms with Gasteiger partial charge in [-0.05, 0) is 55.3 Å². The number of fused-ring (bicyclic) bond motifs is 3. The molecule has 0 radical (unpaired) electrons. The van der Waals surface area contributed by atoms with Gasteiger partial charge in [-0.25, -0.2) is 0 Å². The van der Waals surface area contributed by atoms with Crippen LogP contribution in [0.4, 0.5) is 0 Å². The smallest absolute Gasteiger partial charge is 0.0318 e. The minimum absolute atomic E-state index is 1.17. The van der Waals surface area contributed by atoms with E-state index < -0.39 is 0 Å². The molecule has 0 aromatic carbocycles. The minimum atomic E-state index is 1.17. The lowest BCUT2D eigenvalue weighted by molar-refractivity contribution is 0.230. The van der Waals surface area contributed by atoms with Crippen molar-refractivity contribution in [2.24, 2.45) is 23.7 Å². The predicted octanol–water partition coefficient (Wildman–Crippen LogP) is 4.54. The Bertz CT molecular complexity index is 170. The van der Waals surface area contributed by atoms with Crippen molar-refractivity contribution in [3.63, 3.8) is 0 Å². The molecule has 5 unspecified atom stereocenters. The zero-order valence-electron chi connectivity index (χ0n) is 10.5. The quantitative estimate of drug-likeness (QED) is 0.532. The van der Waals surface area contributed by atoms with Gasteiger partial charge in [-0.1, -0.05) is 33.1 Å². The molecule has 0 nitrogen and oxygen atoms in total. The van der Waals surface area contributed by atoms with Gasteiger partial charge < -0.3 is 0 Å². The first-order valence-electron chi connectivity index (χ1n) is 7.16. The molecule has 15 heavy (non-hydrogen) atoms. The molecular formula is C14H27P. The van der Waals surface area contributed by atoms with Crippen molar-refractivity contribution >= 4 is 8.58 Å². The highest BCUT2D eigenvalue weighted by atomic mass is 31.1. The first kappa shape index (κ1) is 11.9. The van der Waals surface area contributed by atoms with Crippen LogP contribution in [0.3, 0.4) is 0 Å². The first-order valence-corrected chi connectivity index (χ1v) is 8.57. The third-order valence-electron chi connectivity index (χ3n) is 4.80. The third kappa shape index (κ3) is 2.41. The molecule has 2 saturated carbocycles. The molecule has 0 aromatic heterocycles. The van der Waals surface area contributed by atoms with Gasteiger partial charge in [0.05, 0.1) is 0 Å². The van der Waals surface area contributed by atoms with Crippen molar-refractivity contribution in [2.75, 3.05) is 12.3 Å². The first-order chi connectivity index (χ1) is 7.45. The van der Waals surface area contributed by atoms with Gasteiger partial charge in [-0.3, -0.25) is 0 Å². The lowest BCUT2D eigenvalue weighted by atomic mass is 9.78. The van der Waals surface area contributed by atoms with E-state index in [2.05, 4.69) is 0 Å². The predicted molar refractivity (Wildman–Crippen MR) is 71.1 cm³/mol. The standard InChI is InChI=1S/C12H21P.C2H6/c1-2-4-11-9(3-1)7-10-5-6-13-8-12(10)11;1-2/h9-13H,1-8H2;1-2H3. The monoisotopic (exact) mass is 226 g/mol. The van der Waals surface area contributed by atoms with E-state index in [-0.39, 0.29) is 0 Å². The topological polar surface area (TPSA) is 0 Å². The van der Waals surface area contributed by atoms with Crippen LogP contribution in [0.1, 0.15) is 52.4 Å². The normalized spacial score (nSPS) is 45.2. The number of hydrogen-bond acceptors (Lipinski definition) is 0. The Kier molecular flexibility index (Phi) is 4.50. The molecule has 0 spiro atoms. The Labute approximate surface area is 97.4 Å². The van der Waals surface area contributed by atoms with Crippen LogP contribution in [0.15, 0.2) is 0 Å². The third-order valence-corrected chi connectivity index (χ3v) is 6.20. The van der Waals surface area contributed by atoms with E-state index in [9.17, 15) is 0 Å². The Balaban J connectivity index is 0.000000404. The maximum Gasteiger partial charge on any atom is -0.0318 e. The van der Waals surface area contributed by atoms with Crippen molar-refractivity contribution in [3.05, 3.63) is 0 Å². The summed E-state index contributed by atoms with van der Waals surface area (Å²) in [5, 5.41) is 0. The van der Waals surface area contributed by atoms with Crippen LogP contribution >= 0.6 is 8.58 Å². The van der Waals surface area contributed by atoms with Crippen molar-refractivity contribution in [3.8, 4) is 0 Å². The highest BCUT2D eigenvalue weighted by Crippen LogP contribution is 2.53. The highest BCUT2D eigenvalue weighted by molar-refractivity contribution is 7.38. The van der Waals surface area contributed by atoms with Gasteiger partial charge in [-0.15, -0.1) is 8.58 Å². The second kappa shape index (κ2) is 5.67. The molecule has 3 fully saturated rings. The maximum absolute atomic E-state index is 2.00. The molecular weight excluding hydrogens is 199 g/mol. The van der Waals surface area contributed by atoms with Gasteiger partial charge in [0, 0.05) is 0 Å². The summed E-state index contributed by atoms with van der Waals surface area (Å²) in [4.78, 5) is 0. The van der Waals surface area contributed by atoms with Crippen molar-refractivity contribution in [1.29, 1.82) is 0 Å². The van der Waals surface area contributed by atoms with Crippen molar-refractivity contribution in [2.45, 2.75) is 52.4 Å². The zero-order chi connectivity index (χ0) is 10.7. The largest absolute Gasteiger partial charge is 0.122 e. The molecule has 3 rings (SSSR count). The fraction of sp³-hybridized carbons (Fsp3) is 1.00. The SMILES string of the molecule is C1CCC2C(C1)CC1CCPCC12.CC. The molecule has 1 aliphatic heterocycles. The highest BCUT2D eigenvalue weighted by Gasteiger charge is 2.44. The fourth-order valence-corrected chi connectivity index (χ4v) is 5.96. The number of hydrogen-bond donors (Lipinski definition) is 0. The average molecular weight is 226 g/mol. The average Bonchev–Trinajstić information content (AvgIpc) is 2.70. The van der Waals surface area contributed by atoms with Gasteiger partial charge in [0.1, 0.15) is 0 Å². The summed E-state index contributed by atoms with van der Waals surface area (Å²) in [6.07, 6.45) is 12.7. The molecule has 2 aliphatic carbocycles. The lowest BCUT2D eigenvalue weighted by Crippen LogP contribution is -2.24. The van der Waals surface area contributed by atoms with Gasteiger partial charge in [0.2, 0.25) is 0 Å². The van der Waals surface area contributed by atoms with Crippen molar-refractivity contribution in [1.82, 2.24) is 0 Å². The minimum Gasteiger partial charge on any atom is -0.122 e. The van der Waals surface area contributed by atoms with Crippen LogP contribution in [0.5, 0.6) is 0 Å². The van der Waals surface area contributed by atoms with Crippen LogP contribution in [0, 0.1) is 23.7 Å². The molecule has 0 amide bonds. The summed E-state index contributed by atoms with van der Waals surface area (Å²) < 4.78 is 0. The van der Waals surface area contributed by atoms with Crippen LogP contribution in [-0.2, 0) is 0 Å². The summed E-state index contributed by atoms with van der Waals surface area (Å²) in [6.45, 7) is 4.00. The zero-order valence-corrected chi connectivity index (χ0v) is 11.5. The molecule has 1 heteroatoms. The van der Waals surface area contributed by atoms with E-state index in [1.165, 1.54) is 32.3 Å². The molecule has 1 saturated heterocycles. The Morgan fingerprint density at radius 2 is 1.60 bits per heavy atom. The fourth-order valence-electron chi connectivity index (χ4n) is 4.21. The van der Waals surface area contributed by atoms with Crippen LogP contribution in [-0.4, -0.2) is 12.3 Å². The molecule has 0 aromatic rings. The van der Waals surface area contributed by atoms with Gasteiger partial charge in [-0.2, -0.15) is 0 Å². The molecule has 0 N–H and O–H groups in total. The summed E-state index contributed by atoms with van der Waals surface area (Å²) in [5.41, 5.74) is 0. The van der Waals surface area contributed by atoms with Crippen LogP contribution in [0.25, 0.3) is 0 Å². The van der Waals surface area contributed by atoms with Gasteiger partial charge in [0.25, 0.3) is 0 Å². The van der Waals surface area contributed by atoms with Crippen molar-refractivity contribution < 1.29 is 0 Å². The van der Waals surface area contributed by atoms with E-state index in [0.29, 0.717) is 0 Å². The molecule has 0 bridgehead atoms. The summed E-state index contributed by atoms with van der Waals surface area (Å²) in [6, 6.07) is 0. The van der Waals surface area contributed by atoms with Crippen LogP contribution < -0.4 is 0 Å². The summed E-state index contributed by atoms with van der Waals surface area (Å²) >= 11 is 0. The molecule has 88 valence electrons. The summed E-state index contributed by atoms with van der Waals surface area (Å²) in [5.74, 6) is 4.73. The Morgan fingerprint density at radius 1 is 0.867 bits per heavy atom. The molecule has 5 atom stereocenters. The van der Waals surface area contributed by atoms with E-state index in [0.717, 1.165) is 0 Å². The second-order valence-electron chi connectivity index (χ2n) is 5.36. The Morgan fingerprint density at radius 3 is 2.47 bits per heavy atom. The van der Waals surface area contributed by atoms with E-state index >= 15 is 0 Å². The second-order valence-corrected chi connectivity index (χ2v) is 6.77. The Hall–Kier alpha value is 0.430. The van der Waals surface area contributed by atoms with E-state index in [1.807, 2.05) is 13.8 Å². The van der Waals surface area contributed by atoms with E-state index in [1.54, 1.807) is 50.8 Å². The number of rotatable bonds is 0. The van der Waals surface area contributed by atoms with E-state index in [4.69, 9.17) is 0 Å². The summed E-state index contributed by atoms with van der Waals surface area (Å²) in [7, 11) is 1.32.